The molecule has 0 unspecified atom stereocenters. The Labute approximate surface area is 115 Å². The first-order valence-electron chi connectivity index (χ1n) is 5.37. The quantitative estimate of drug-likeness (QED) is 0.872. The molecule has 0 radical (unpaired) electrons. The maximum absolute atomic E-state index is 11.5. The largest absolute Gasteiger partial charge is 0.481 e. The number of nitrogens with one attached hydrogen (secondary N) is 1. The highest BCUT2D eigenvalue weighted by Gasteiger charge is 2.09. The van der Waals surface area contributed by atoms with E-state index in [4.69, 9.17) is 28.3 Å². The van der Waals surface area contributed by atoms with Gasteiger partial charge in [0.2, 0.25) is 5.91 Å². The fourth-order valence-electron chi connectivity index (χ4n) is 1.35. The van der Waals surface area contributed by atoms with E-state index in [-0.39, 0.29) is 18.7 Å². The highest BCUT2D eigenvalue weighted by molar-refractivity contribution is 6.36. The molecule has 1 amide bonds. The van der Waals surface area contributed by atoms with E-state index in [0.717, 1.165) is 5.56 Å². The number of aliphatic carboxylic acids is 1. The minimum atomic E-state index is -0.917. The lowest BCUT2D eigenvalue weighted by Gasteiger charge is -2.09. The molecule has 2 N–H and O–H groups in total. The van der Waals surface area contributed by atoms with Gasteiger partial charge < -0.3 is 10.4 Å². The van der Waals surface area contributed by atoms with Crippen LogP contribution in [0.3, 0.4) is 0 Å². The molecular formula is C12H13Cl2NO3. The number of rotatable bonds is 5. The molecule has 18 heavy (non-hydrogen) atoms. The number of amides is 1. The predicted octanol–water partition coefficient (Wildman–Crippen LogP) is 3.50. The van der Waals surface area contributed by atoms with Gasteiger partial charge in [-0.15, -0.1) is 0 Å². The molecule has 98 valence electrons. The number of hydrogen-bond donors (Lipinski definition) is 2. The van der Waals surface area contributed by atoms with Gasteiger partial charge in [0.15, 0.2) is 0 Å². The molecule has 1 aromatic carbocycles. The highest BCUT2D eigenvalue weighted by Crippen LogP contribution is 2.28. The summed E-state index contributed by atoms with van der Waals surface area (Å²) in [6, 6.07) is 3.24. The van der Waals surface area contributed by atoms with Crippen molar-refractivity contribution < 1.29 is 14.7 Å². The van der Waals surface area contributed by atoms with Gasteiger partial charge in [-0.1, -0.05) is 23.2 Å². The Kier molecular flexibility index (Phi) is 5.44. The Bertz CT molecular complexity index is 475. The third-order valence-corrected chi connectivity index (χ3v) is 3.04. The van der Waals surface area contributed by atoms with Crippen LogP contribution in [-0.4, -0.2) is 17.0 Å². The van der Waals surface area contributed by atoms with Gasteiger partial charge in [-0.3, -0.25) is 9.59 Å². The van der Waals surface area contributed by atoms with Crippen molar-refractivity contribution in [1.82, 2.24) is 0 Å². The van der Waals surface area contributed by atoms with E-state index >= 15 is 0 Å². The molecule has 0 aliphatic rings. The van der Waals surface area contributed by atoms with Crippen molar-refractivity contribution in [2.75, 3.05) is 5.32 Å². The molecule has 0 fully saturated rings. The van der Waals surface area contributed by atoms with Crippen LogP contribution in [-0.2, 0) is 9.59 Å². The lowest BCUT2D eigenvalue weighted by Crippen LogP contribution is -2.12. The molecule has 4 nitrogen and oxygen atoms in total. The molecular weight excluding hydrogens is 277 g/mol. The topological polar surface area (TPSA) is 66.4 Å². The summed E-state index contributed by atoms with van der Waals surface area (Å²) in [5.74, 6) is -1.20. The van der Waals surface area contributed by atoms with Gasteiger partial charge in [-0.05, 0) is 31.0 Å². The monoisotopic (exact) mass is 289 g/mol. The first-order valence-corrected chi connectivity index (χ1v) is 6.13. The predicted molar refractivity (Wildman–Crippen MR) is 71.3 cm³/mol. The van der Waals surface area contributed by atoms with Gasteiger partial charge in [-0.2, -0.15) is 0 Å². The molecule has 0 aliphatic heterocycles. The molecule has 6 heteroatoms. The maximum Gasteiger partial charge on any atom is 0.303 e. The Morgan fingerprint density at radius 1 is 1.22 bits per heavy atom. The molecule has 0 atom stereocenters. The van der Waals surface area contributed by atoms with Crippen LogP contribution in [0.2, 0.25) is 10.0 Å². The number of aryl methyl sites for hydroxylation is 1. The van der Waals surface area contributed by atoms with E-state index in [9.17, 15) is 9.59 Å². The fraction of sp³-hybridized carbons (Fsp3) is 0.333. The smallest absolute Gasteiger partial charge is 0.303 e. The molecule has 0 spiro atoms. The number of benzene rings is 1. The van der Waals surface area contributed by atoms with Gasteiger partial charge >= 0.3 is 5.97 Å². The second-order valence-corrected chi connectivity index (χ2v) is 4.69. The Hall–Kier alpha value is -1.26. The van der Waals surface area contributed by atoms with Crippen molar-refractivity contribution in [3.63, 3.8) is 0 Å². The van der Waals surface area contributed by atoms with Crippen molar-refractivity contribution in [2.45, 2.75) is 26.2 Å². The van der Waals surface area contributed by atoms with Crippen LogP contribution < -0.4 is 5.32 Å². The van der Waals surface area contributed by atoms with Crippen molar-refractivity contribution in [1.29, 1.82) is 0 Å². The summed E-state index contributed by atoms with van der Waals surface area (Å²) in [7, 11) is 0. The zero-order chi connectivity index (χ0) is 13.7. The van der Waals surface area contributed by atoms with Gasteiger partial charge in [0.1, 0.15) is 0 Å². The SMILES string of the molecule is Cc1cc(Cl)c(NC(=O)CCCC(=O)O)cc1Cl. The van der Waals surface area contributed by atoms with Gasteiger partial charge in [0.05, 0.1) is 10.7 Å². The van der Waals surface area contributed by atoms with E-state index in [0.29, 0.717) is 22.2 Å². The zero-order valence-electron chi connectivity index (χ0n) is 9.80. The van der Waals surface area contributed by atoms with Crippen LogP contribution in [0.25, 0.3) is 0 Å². The number of carboxylic acid groups (broad SMARTS) is 1. The van der Waals surface area contributed by atoms with Crippen LogP contribution in [0.4, 0.5) is 5.69 Å². The van der Waals surface area contributed by atoms with E-state index < -0.39 is 5.97 Å². The molecule has 0 saturated carbocycles. The number of carbonyl (C=O) groups is 2. The second kappa shape index (κ2) is 6.61. The van der Waals surface area contributed by atoms with Gasteiger partial charge in [0.25, 0.3) is 0 Å². The zero-order valence-corrected chi connectivity index (χ0v) is 11.3. The summed E-state index contributed by atoms with van der Waals surface area (Å²) in [4.78, 5) is 21.8. The molecule has 0 heterocycles. The molecule has 0 aliphatic carbocycles. The number of carbonyl (C=O) groups excluding carboxylic acids is 1. The maximum atomic E-state index is 11.5. The van der Waals surface area contributed by atoms with Gasteiger partial charge in [-0.25, -0.2) is 0 Å². The average molecular weight is 290 g/mol. The van der Waals surface area contributed by atoms with Crippen molar-refractivity contribution in [3.05, 3.63) is 27.7 Å². The van der Waals surface area contributed by atoms with Crippen molar-refractivity contribution in [3.8, 4) is 0 Å². The molecule has 0 saturated heterocycles. The minimum absolute atomic E-state index is 0.0319. The fourth-order valence-corrected chi connectivity index (χ4v) is 1.78. The van der Waals surface area contributed by atoms with E-state index in [1.165, 1.54) is 0 Å². The van der Waals surface area contributed by atoms with Crippen LogP contribution in [0.15, 0.2) is 12.1 Å². The second-order valence-electron chi connectivity index (χ2n) is 3.88. The van der Waals surface area contributed by atoms with Crippen molar-refractivity contribution in [2.24, 2.45) is 0 Å². The highest BCUT2D eigenvalue weighted by atomic mass is 35.5. The first-order chi connectivity index (χ1) is 8.40. The third-order valence-electron chi connectivity index (χ3n) is 2.32. The Morgan fingerprint density at radius 2 is 1.89 bits per heavy atom. The molecule has 0 aromatic heterocycles. The summed E-state index contributed by atoms with van der Waals surface area (Å²) in [6.45, 7) is 1.81. The third kappa shape index (κ3) is 4.55. The normalized spacial score (nSPS) is 10.2. The minimum Gasteiger partial charge on any atom is -0.481 e. The molecule has 1 aromatic rings. The average Bonchev–Trinajstić information content (AvgIpc) is 2.25. The van der Waals surface area contributed by atoms with E-state index in [1.807, 2.05) is 6.92 Å². The summed E-state index contributed by atoms with van der Waals surface area (Å²) in [5, 5.41) is 12.0. The summed E-state index contributed by atoms with van der Waals surface area (Å²) in [6.07, 6.45) is 0.391. The number of carboxylic acids is 1. The lowest BCUT2D eigenvalue weighted by atomic mass is 10.2. The summed E-state index contributed by atoms with van der Waals surface area (Å²) in [5.41, 5.74) is 1.26. The summed E-state index contributed by atoms with van der Waals surface area (Å²) < 4.78 is 0. The molecule has 1 rings (SSSR count). The van der Waals surface area contributed by atoms with Crippen LogP contribution >= 0.6 is 23.2 Å². The Balaban J connectivity index is 2.59. The number of anilines is 1. The van der Waals surface area contributed by atoms with E-state index in [2.05, 4.69) is 5.32 Å². The van der Waals surface area contributed by atoms with E-state index in [1.54, 1.807) is 12.1 Å². The van der Waals surface area contributed by atoms with Crippen LogP contribution in [0.5, 0.6) is 0 Å². The Morgan fingerprint density at radius 3 is 2.50 bits per heavy atom. The van der Waals surface area contributed by atoms with Gasteiger partial charge in [0, 0.05) is 17.9 Å². The standard InChI is InChI=1S/C12H13Cl2NO3/c1-7-5-9(14)10(6-8(7)13)15-11(16)3-2-4-12(17)18/h5-6H,2-4H2,1H3,(H,15,16)(H,17,18). The number of hydrogen-bond acceptors (Lipinski definition) is 2. The first kappa shape index (κ1) is 14.8. The van der Waals surface area contributed by atoms with Crippen LogP contribution in [0.1, 0.15) is 24.8 Å². The van der Waals surface area contributed by atoms with Crippen molar-refractivity contribution >= 4 is 40.8 Å². The summed E-state index contributed by atoms with van der Waals surface area (Å²) >= 11 is 11.9. The van der Waals surface area contributed by atoms with Crippen LogP contribution in [0, 0.1) is 6.92 Å². The molecule has 0 bridgehead atoms. The number of halogens is 2. The lowest BCUT2D eigenvalue weighted by molar-refractivity contribution is -0.137.